The molecule has 0 atom stereocenters. The highest BCUT2D eigenvalue weighted by Crippen LogP contribution is 2.40. The molecule has 0 aliphatic heterocycles. The van der Waals surface area contributed by atoms with Crippen LogP contribution in [-0.2, 0) is 13.0 Å². The minimum Gasteiger partial charge on any atom is -0.352 e. The number of fused-ring (bicyclic) bond motifs is 1. The van der Waals surface area contributed by atoms with Crippen LogP contribution in [0.1, 0.15) is 5.56 Å². The molecule has 0 bridgehead atoms. The van der Waals surface area contributed by atoms with Crippen LogP contribution < -0.4 is 10.6 Å². The number of thiophene rings is 1. The van der Waals surface area contributed by atoms with Gasteiger partial charge in [0.1, 0.15) is 11.5 Å². The maximum Gasteiger partial charge on any atom is 0.223 e. The van der Waals surface area contributed by atoms with Crippen molar-refractivity contribution in [3.8, 4) is 21.7 Å². The van der Waals surface area contributed by atoms with Crippen molar-refractivity contribution < 1.29 is 8.78 Å². The van der Waals surface area contributed by atoms with Gasteiger partial charge in [-0.3, -0.25) is 4.68 Å². The van der Waals surface area contributed by atoms with E-state index in [9.17, 15) is 8.78 Å². The quantitative estimate of drug-likeness (QED) is 0.309. The van der Waals surface area contributed by atoms with Gasteiger partial charge in [-0.1, -0.05) is 29.5 Å². The minimum absolute atomic E-state index is 0.227. The number of anilines is 1. The van der Waals surface area contributed by atoms with Gasteiger partial charge in [0.2, 0.25) is 5.95 Å². The summed E-state index contributed by atoms with van der Waals surface area (Å²) < 4.78 is 31.6. The molecule has 35 heavy (non-hydrogen) atoms. The van der Waals surface area contributed by atoms with Crippen molar-refractivity contribution in [2.24, 2.45) is 0 Å². The highest BCUT2D eigenvalue weighted by Gasteiger charge is 2.16. The van der Waals surface area contributed by atoms with Crippen molar-refractivity contribution in [1.29, 1.82) is 0 Å². The van der Waals surface area contributed by atoms with E-state index in [4.69, 9.17) is 0 Å². The average molecular weight is 492 g/mol. The molecule has 0 fully saturated rings. The summed E-state index contributed by atoms with van der Waals surface area (Å²) in [5.74, 6) is -0.454. The zero-order chi connectivity index (χ0) is 24.2. The number of benzene rings is 2. The van der Waals surface area contributed by atoms with Gasteiger partial charge in [0.05, 0.1) is 23.8 Å². The van der Waals surface area contributed by atoms with Crippen molar-refractivity contribution in [2.75, 3.05) is 25.5 Å². The highest BCUT2D eigenvalue weighted by atomic mass is 32.1. The van der Waals surface area contributed by atoms with Gasteiger partial charge in [-0.2, -0.15) is 0 Å². The fourth-order valence-electron chi connectivity index (χ4n) is 3.93. The van der Waals surface area contributed by atoms with Crippen LogP contribution >= 0.6 is 11.3 Å². The van der Waals surface area contributed by atoms with Crippen LogP contribution in [0.3, 0.4) is 0 Å². The van der Waals surface area contributed by atoms with Gasteiger partial charge < -0.3 is 10.6 Å². The van der Waals surface area contributed by atoms with Crippen molar-refractivity contribution in [1.82, 2.24) is 30.3 Å². The van der Waals surface area contributed by atoms with Gasteiger partial charge in [-0.25, -0.2) is 18.7 Å². The first kappa shape index (κ1) is 23.0. The Balaban J connectivity index is 1.48. The van der Waals surface area contributed by atoms with E-state index >= 15 is 0 Å². The Hall–Kier alpha value is -3.76. The second-order valence-corrected chi connectivity index (χ2v) is 9.02. The molecule has 0 unspecified atom stereocenters. The first-order valence-corrected chi connectivity index (χ1v) is 12.0. The number of aromatic nitrogens is 5. The molecule has 0 aliphatic carbocycles. The summed E-state index contributed by atoms with van der Waals surface area (Å²) in [5, 5.41) is 14.9. The molecule has 2 aromatic carbocycles. The molecule has 0 radical (unpaired) electrons. The van der Waals surface area contributed by atoms with Crippen LogP contribution in [-0.4, -0.2) is 45.1 Å². The molecule has 10 heteroatoms. The molecule has 7 nitrogen and oxygen atoms in total. The second-order valence-electron chi connectivity index (χ2n) is 7.97. The molecule has 0 saturated carbocycles. The van der Waals surface area contributed by atoms with E-state index in [0.717, 1.165) is 39.7 Å². The van der Waals surface area contributed by atoms with E-state index in [1.807, 2.05) is 37.4 Å². The van der Waals surface area contributed by atoms with Gasteiger partial charge in [0.25, 0.3) is 0 Å². The third kappa shape index (κ3) is 5.03. The fourth-order valence-corrected chi connectivity index (χ4v) is 5.11. The van der Waals surface area contributed by atoms with Crippen molar-refractivity contribution in [3.63, 3.8) is 0 Å². The Labute approximate surface area is 204 Å². The fraction of sp³-hybridized carbons (Fsp3) is 0.200. The summed E-state index contributed by atoms with van der Waals surface area (Å²) in [6.45, 7) is 1.87. The summed E-state index contributed by atoms with van der Waals surface area (Å²) >= 11 is 1.44. The molecule has 3 aromatic heterocycles. The second kappa shape index (κ2) is 10.2. The third-order valence-electron chi connectivity index (χ3n) is 5.62. The van der Waals surface area contributed by atoms with Gasteiger partial charge >= 0.3 is 0 Å². The Morgan fingerprint density at radius 3 is 2.80 bits per heavy atom. The lowest BCUT2D eigenvalue weighted by molar-refractivity contribution is 0.604. The van der Waals surface area contributed by atoms with Crippen LogP contribution in [0.4, 0.5) is 14.7 Å². The zero-order valence-corrected chi connectivity index (χ0v) is 19.8. The normalized spacial score (nSPS) is 11.3. The maximum atomic E-state index is 14.8. The predicted octanol–water partition coefficient (Wildman–Crippen LogP) is 4.77. The van der Waals surface area contributed by atoms with E-state index in [-0.39, 0.29) is 11.5 Å². The van der Waals surface area contributed by atoms with Gasteiger partial charge in [-0.15, -0.1) is 16.4 Å². The standard InChI is InChI=1S/C25H23F2N7S/c1-28-8-7-16-5-6-18(26)14-20(16)19-4-2-3-17-13-22(35-24(17)19)23-21(27)15-30-25(32-23)29-9-11-34-12-10-31-33-34/h2-6,10,12-15,28H,7-9,11H2,1H3,(H,29,30,32). The molecule has 178 valence electrons. The number of rotatable bonds is 9. The summed E-state index contributed by atoms with van der Waals surface area (Å²) in [5.41, 5.74) is 3.04. The number of hydrogen-bond donors (Lipinski definition) is 2. The first-order chi connectivity index (χ1) is 17.1. The summed E-state index contributed by atoms with van der Waals surface area (Å²) in [4.78, 5) is 9.18. The van der Waals surface area contributed by atoms with Crippen molar-refractivity contribution in [3.05, 3.63) is 78.3 Å². The molecular weight excluding hydrogens is 468 g/mol. The molecular formula is C25H23F2N7S. The first-order valence-electron chi connectivity index (χ1n) is 11.2. The lowest BCUT2D eigenvalue weighted by Crippen LogP contribution is -2.13. The largest absolute Gasteiger partial charge is 0.352 e. The molecule has 0 saturated heterocycles. The SMILES string of the molecule is CNCCc1ccc(F)cc1-c1cccc2cc(-c3nc(NCCn4ccnn4)ncc3F)sc12. The van der Waals surface area contributed by atoms with Crippen LogP contribution in [0.25, 0.3) is 31.8 Å². The predicted molar refractivity (Wildman–Crippen MR) is 134 cm³/mol. The summed E-state index contributed by atoms with van der Waals surface area (Å²) in [6, 6.07) is 12.7. The van der Waals surface area contributed by atoms with Crippen LogP contribution in [0, 0.1) is 11.6 Å². The Morgan fingerprint density at radius 1 is 1.06 bits per heavy atom. The van der Waals surface area contributed by atoms with E-state index < -0.39 is 5.82 Å². The van der Waals surface area contributed by atoms with Gasteiger partial charge in [0.15, 0.2) is 5.82 Å². The smallest absolute Gasteiger partial charge is 0.223 e. The minimum atomic E-state index is -0.500. The third-order valence-corrected chi connectivity index (χ3v) is 6.81. The summed E-state index contributed by atoms with van der Waals surface area (Å²) in [6.07, 6.45) is 5.31. The highest BCUT2D eigenvalue weighted by molar-refractivity contribution is 7.22. The van der Waals surface area contributed by atoms with Crippen LogP contribution in [0.2, 0.25) is 0 Å². The van der Waals surface area contributed by atoms with Crippen molar-refractivity contribution in [2.45, 2.75) is 13.0 Å². The van der Waals surface area contributed by atoms with E-state index in [0.29, 0.717) is 23.9 Å². The molecule has 3 heterocycles. The lowest BCUT2D eigenvalue weighted by Gasteiger charge is -2.11. The maximum absolute atomic E-state index is 14.8. The Kier molecular flexibility index (Phi) is 6.73. The number of hydrogen-bond acceptors (Lipinski definition) is 7. The van der Waals surface area contributed by atoms with Gasteiger partial charge in [-0.05, 0) is 60.3 Å². The number of nitrogens with one attached hydrogen (secondary N) is 2. The zero-order valence-electron chi connectivity index (χ0n) is 19.0. The van der Waals surface area contributed by atoms with Gasteiger partial charge in [0, 0.05) is 17.4 Å². The van der Waals surface area contributed by atoms with E-state index in [1.165, 1.54) is 23.6 Å². The Bertz CT molecular complexity index is 1450. The van der Waals surface area contributed by atoms with Crippen molar-refractivity contribution >= 4 is 27.4 Å². The Morgan fingerprint density at radius 2 is 1.97 bits per heavy atom. The molecule has 2 N–H and O–H groups in total. The molecule has 0 amide bonds. The monoisotopic (exact) mass is 491 g/mol. The molecule has 0 aliphatic rings. The van der Waals surface area contributed by atoms with E-state index in [1.54, 1.807) is 23.1 Å². The molecule has 0 spiro atoms. The van der Waals surface area contributed by atoms with E-state index in [2.05, 4.69) is 30.9 Å². The number of nitrogens with zero attached hydrogens (tertiary/aromatic N) is 5. The molecule has 5 rings (SSSR count). The summed E-state index contributed by atoms with van der Waals surface area (Å²) in [7, 11) is 1.89. The number of likely N-dealkylation sites (N-methyl/N-ethyl adjacent to an activating group) is 1. The van der Waals surface area contributed by atoms with Crippen LogP contribution in [0.15, 0.2) is 61.1 Å². The average Bonchev–Trinajstić information content (AvgIpc) is 3.54. The topological polar surface area (TPSA) is 80.5 Å². The lowest BCUT2D eigenvalue weighted by atomic mass is 9.96. The number of halogens is 2. The molecule has 5 aromatic rings. The van der Waals surface area contributed by atoms with Crippen LogP contribution in [0.5, 0.6) is 0 Å².